The van der Waals surface area contributed by atoms with Gasteiger partial charge in [-0.25, -0.2) is 0 Å². The summed E-state index contributed by atoms with van der Waals surface area (Å²) >= 11 is 0. The standard InChI is InChI=1S/C25H27F3N4O3/c1-16-3-5-19(6-4-16)24(34)31-11-18(12-31)13-32-14-21-17(2)20(7-8-22(21)30-32)23(33)29-9-10-35-15-25(26,27)28/h3-8,14,18H,9-13,15H2,1-2H3,(H,29,33). The van der Waals surface area contributed by atoms with Gasteiger partial charge >= 0.3 is 6.18 Å². The molecule has 2 heterocycles. The predicted octanol–water partition coefficient (Wildman–Crippen LogP) is 3.73. The Kier molecular flexibility index (Phi) is 7.11. The predicted molar refractivity (Wildman–Crippen MR) is 124 cm³/mol. The number of halogens is 3. The van der Waals surface area contributed by atoms with E-state index in [1.165, 1.54) is 0 Å². The number of carbonyl (C=O) groups is 2. The number of ether oxygens (including phenoxy) is 1. The molecular weight excluding hydrogens is 461 g/mol. The van der Waals surface area contributed by atoms with Crippen molar-refractivity contribution in [2.45, 2.75) is 26.6 Å². The Labute approximate surface area is 200 Å². The maximum Gasteiger partial charge on any atom is 0.411 e. The number of nitrogens with one attached hydrogen (secondary N) is 1. The normalized spacial score (nSPS) is 14.3. The van der Waals surface area contributed by atoms with Crippen LogP contribution >= 0.6 is 0 Å². The largest absolute Gasteiger partial charge is 0.411 e. The summed E-state index contributed by atoms with van der Waals surface area (Å²) in [6, 6.07) is 11.0. The van der Waals surface area contributed by atoms with Gasteiger partial charge in [-0.05, 0) is 43.7 Å². The number of aromatic nitrogens is 2. The first kappa shape index (κ1) is 24.7. The van der Waals surface area contributed by atoms with E-state index in [-0.39, 0.29) is 25.0 Å². The lowest BCUT2D eigenvalue weighted by molar-refractivity contribution is -0.173. The van der Waals surface area contributed by atoms with Crippen LogP contribution < -0.4 is 5.32 Å². The molecular formula is C25H27F3N4O3. The number of carbonyl (C=O) groups excluding carboxylic acids is 2. The van der Waals surface area contributed by atoms with Crippen LogP contribution in [0.4, 0.5) is 13.2 Å². The minimum Gasteiger partial charge on any atom is -0.370 e. The number of amides is 2. The highest BCUT2D eigenvalue weighted by Gasteiger charge is 2.31. The fourth-order valence-electron chi connectivity index (χ4n) is 4.13. The molecule has 1 aliphatic rings. The second-order valence-electron chi connectivity index (χ2n) is 8.89. The molecule has 2 aromatic carbocycles. The van der Waals surface area contributed by atoms with E-state index in [0.29, 0.717) is 36.7 Å². The van der Waals surface area contributed by atoms with E-state index in [1.54, 1.807) is 12.1 Å². The van der Waals surface area contributed by atoms with Crippen molar-refractivity contribution in [3.8, 4) is 0 Å². The summed E-state index contributed by atoms with van der Waals surface area (Å²) in [5.41, 5.74) is 3.73. The topological polar surface area (TPSA) is 76.5 Å². The van der Waals surface area contributed by atoms with Crippen molar-refractivity contribution >= 4 is 22.7 Å². The lowest BCUT2D eigenvalue weighted by atomic mass is 9.98. The number of rotatable bonds is 8. The van der Waals surface area contributed by atoms with E-state index in [1.807, 2.05) is 53.9 Å². The molecule has 1 N–H and O–H groups in total. The number of aryl methyl sites for hydroxylation is 2. The van der Waals surface area contributed by atoms with Gasteiger partial charge in [0, 0.05) is 54.8 Å². The fraction of sp³-hybridized carbons (Fsp3) is 0.400. The summed E-state index contributed by atoms with van der Waals surface area (Å²) in [5.74, 6) is -0.0577. The zero-order valence-electron chi connectivity index (χ0n) is 19.6. The van der Waals surface area contributed by atoms with E-state index in [2.05, 4.69) is 15.2 Å². The zero-order chi connectivity index (χ0) is 25.2. The van der Waals surface area contributed by atoms with E-state index in [9.17, 15) is 22.8 Å². The third kappa shape index (κ3) is 6.00. The Morgan fingerprint density at radius 2 is 1.83 bits per heavy atom. The van der Waals surface area contributed by atoms with Crippen molar-refractivity contribution in [1.82, 2.24) is 20.0 Å². The molecule has 0 spiro atoms. The molecule has 1 fully saturated rings. The minimum absolute atomic E-state index is 0.0227. The number of likely N-dealkylation sites (tertiary alicyclic amines) is 1. The molecule has 35 heavy (non-hydrogen) atoms. The van der Waals surface area contributed by atoms with Gasteiger partial charge < -0.3 is 15.0 Å². The first-order valence-corrected chi connectivity index (χ1v) is 11.4. The Balaban J connectivity index is 1.31. The lowest BCUT2D eigenvalue weighted by Gasteiger charge is -2.39. The van der Waals surface area contributed by atoms with Gasteiger partial charge in [-0.2, -0.15) is 18.3 Å². The van der Waals surface area contributed by atoms with Crippen LogP contribution in [0.5, 0.6) is 0 Å². The number of benzene rings is 2. The molecule has 2 amide bonds. The molecule has 1 aliphatic heterocycles. The Bertz CT molecular complexity index is 1220. The van der Waals surface area contributed by atoms with Crippen molar-refractivity contribution in [3.63, 3.8) is 0 Å². The number of alkyl halides is 3. The fourth-order valence-corrected chi connectivity index (χ4v) is 4.13. The third-order valence-corrected chi connectivity index (χ3v) is 6.04. The first-order chi connectivity index (χ1) is 16.6. The van der Waals surface area contributed by atoms with Gasteiger partial charge in [0.25, 0.3) is 11.8 Å². The SMILES string of the molecule is Cc1ccc(C(=O)N2CC(Cn3cc4c(C)c(C(=O)NCCOCC(F)(F)F)ccc4n3)C2)cc1. The van der Waals surface area contributed by atoms with Crippen molar-refractivity contribution in [1.29, 1.82) is 0 Å². The molecule has 1 saturated heterocycles. The quantitative estimate of drug-likeness (QED) is 0.491. The van der Waals surface area contributed by atoms with Gasteiger partial charge in [-0.15, -0.1) is 0 Å². The van der Waals surface area contributed by atoms with Crippen LogP contribution in [0.15, 0.2) is 42.6 Å². The van der Waals surface area contributed by atoms with Crippen molar-refractivity contribution < 1.29 is 27.5 Å². The summed E-state index contributed by atoms with van der Waals surface area (Å²) < 4.78 is 42.7. The van der Waals surface area contributed by atoms with Gasteiger partial charge in [-0.3, -0.25) is 14.3 Å². The summed E-state index contributed by atoms with van der Waals surface area (Å²) in [5, 5.41) is 8.01. The summed E-state index contributed by atoms with van der Waals surface area (Å²) in [7, 11) is 0. The highest BCUT2D eigenvalue weighted by molar-refractivity contribution is 6.00. The minimum atomic E-state index is -4.39. The molecule has 0 unspecified atom stereocenters. The smallest absolute Gasteiger partial charge is 0.370 e. The molecule has 4 rings (SSSR count). The summed E-state index contributed by atoms with van der Waals surface area (Å²) in [6.45, 7) is 4.18. The highest BCUT2D eigenvalue weighted by Crippen LogP contribution is 2.24. The average molecular weight is 489 g/mol. The number of fused-ring (bicyclic) bond motifs is 1. The zero-order valence-corrected chi connectivity index (χ0v) is 19.6. The molecule has 0 atom stereocenters. The van der Waals surface area contributed by atoms with E-state index in [0.717, 1.165) is 22.0 Å². The molecule has 1 aromatic heterocycles. The first-order valence-electron chi connectivity index (χ1n) is 11.4. The van der Waals surface area contributed by atoms with Gasteiger partial charge in [0.15, 0.2) is 0 Å². The molecule has 0 saturated carbocycles. The van der Waals surface area contributed by atoms with Crippen LogP contribution in [-0.4, -0.2) is 65.5 Å². The molecule has 7 nitrogen and oxygen atoms in total. The van der Waals surface area contributed by atoms with Gasteiger partial charge in [0.05, 0.1) is 12.1 Å². The van der Waals surface area contributed by atoms with E-state index >= 15 is 0 Å². The average Bonchev–Trinajstić information content (AvgIpc) is 3.19. The van der Waals surface area contributed by atoms with Crippen molar-refractivity contribution in [3.05, 3.63) is 64.8 Å². The van der Waals surface area contributed by atoms with Crippen LogP contribution in [0, 0.1) is 19.8 Å². The second-order valence-corrected chi connectivity index (χ2v) is 8.89. The molecule has 0 radical (unpaired) electrons. The van der Waals surface area contributed by atoms with Crippen LogP contribution in [0.25, 0.3) is 10.9 Å². The molecule has 0 bridgehead atoms. The van der Waals surface area contributed by atoms with Crippen LogP contribution in [0.1, 0.15) is 31.8 Å². The molecule has 3 aromatic rings. The van der Waals surface area contributed by atoms with E-state index < -0.39 is 12.8 Å². The molecule has 0 aliphatic carbocycles. The van der Waals surface area contributed by atoms with Crippen LogP contribution in [-0.2, 0) is 11.3 Å². The molecule has 186 valence electrons. The summed E-state index contributed by atoms with van der Waals surface area (Å²) in [6.07, 6.45) is -2.50. The van der Waals surface area contributed by atoms with Crippen LogP contribution in [0.2, 0.25) is 0 Å². The number of hydrogen-bond acceptors (Lipinski definition) is 4. The monoisotopic (exact) mass is 488 g/mol. The Morgan fingerprint density at radius 1 is 1.11 bits per heavy atom. The summed E-state index contributed by atoms with van der Waals surface area (Å²) in [4.78, 5) is 26.9. The van der Waals surface area contributed by atoms with E-state index in [4.69, 9.17) is 0 Å². The van der Waals surface area contributed by atoms with Gasteiger partial charge in [-0.1, -0.05) is 17.7 Å². The lowest BCUT2D eigenvalue weighted by Crippen LogP contribution is -2.51. The maximum atomic E-state index is 12.6. The van der Waals surface area contributed by atoms with Crippen LogP contribution in [0.3, 0.4) is 0 Å². The number of nitrogens with zero attached hydrogens (tertiary/aromatic N) is 3. The third-order valence-electron chi connectivity index (χ3n) is 6.04. The Hall–Kier alpha value is -3.40. The number of hydrogen-bond donors (Lipinski definition) is 1. The van der Waals surface area contributed by atoms with Crippen molar-refractivity contribution in [2.75, 3.05) is 32.8 Å². The highest BCUT2D eigenvalue weighted by atomic mass is 19.4. The van der Waals surface area contributed by atoms with Gasteiger partial charge in [0.2, 0.25) is 0 Å². The van der Waals surface area contributed by atoms with Crippen molar-refractivity contribution in [2.24, 2.45) is 5.92 Å². The Morgan fingerprint density at radius 3 is 2.51 bits per heavy atom. The second kappa shape index (κ2) is 10.1. The van der Waals surface area contributed by atoms with Gasteiger partial charge in [0.1, 0.15) is 6.61 Å². The molecule has 10 heteroatoms. The maximum absolute atomic E-state index is 12.6.